The van der Waals surface area contributed by atoms with E-state index in [1.54, 1.807) is 12.1 Å². The van der Waals surface area contributed by atoms with Gasteiger partial charge in [-0.1, -0.05) is 18.2 Å². The quantitative estimate of drug-likeness (QED) is 0.919. The molecule has 0 aromatic heterocycles. The summed E-state index contributed by atoms with van der Waals surface area (Å²) in [7, 11) is 1.38. The second-order valence-electron chi connectivity index (χ2n) is 4.45. The van der Waals surface area contributed by atoms with Gasteiger partial charge in [0.25, 0.3) is 5.91 Å². The second-order valence-corrected chi connectivity index (χ2v) is 4.45. The fourth-order valence-corrected chi connectivity index (χ4v) is 1.80. The van der Waals surface area contributed by atoms with Crippen molar-refractivity contribution in [2.24, 2.45) is 0 Å². The van der Waals surface area contributed by atoms with Crippen LogP contribution in [0.3, 0.4) is 0 Å². The Kier molecular flexibility index (Phi) is 4.77. The van der Waals surface area contributed by atoms with Gasteiger partial charge in [-0.15, -0.1) is 0 Å². The first-order chi connectivity index (χ1) is 10.1. The highest BCUT2D eigenvalue weighted by atomic mass is 19.1. The summed E-state index contributed by atoms with van der Waals surface area (Å²) in [5.74, 6) is -0.115. The second kappa shape index (κ2) is 6.74. The molecule has 0 saturated carbocycles. The van der Waals surface area contributed by atoms with Crippen molar-refractivity contribution in [2.45, 2.75) is 6.92 Å². The fraction of sp³-hybridized carbons (Fsp3) is 0.188. The van der Waals surface area contributed by atoms with E-state index in [9.17, 15) is 9.18 Å². The van der Waals surface area contributed by atoms with Crippen LogP contribution in [-0.4, -0.2) is 19.6 Å². The summed E-state index contributed by atoms with van der Waals surface area (Å²) < 4.78 is 23.7. The number of para-hydroxylation sites is 1. The van der Waals surface area contributed by atoms with E-state index in [0.717, 1.165) is 5.56 Å². The van der Waals surface area contributed by atoms with Gasteiger partial charge in [0.2, 0.25) is 0 Å². The Morgan fingerprint density at radius 3 is 2.62 bits per heavy atom. The molecule has 5 heteroatoms. The molecule has 0 aliphatic heterocycles. The molecule has 0 unspecified atom stereocenters. The topological polar surface area (TPSA) is 47.6 Å². The maximum atomic E-state index is 13.5. The molecule has 0 bridgehead atoms. The first-order valence-electron chi connectivity index (χ1n) is 6.42. The minimum Gasteiger partial charge on any atom is -0.494 e. The fourth-order valence-electron chi connectivity index (χ4n) is 1.80. The molecule has 0 spiro atoms. The summed E-state index contributed by atoms with van der Waals surface area (Å²) in [6, 6.07) is 11.6. The molecule has 110 valence electrons. The molecule has 0 saturated heterocycles. The molecule has 2 aromatic rings. The van der Waals surface area contributed by atoms with E-state index in [2.05, 4.69) is 5.32 Å². The van der Waals surface area contributed by atoms with Crippen LogP contribution >= 0.6 is 0 Å². The van der Waals surface area contributed by atoms with Gasteiger partial charge in [-0.2, -0.15) is 0 Å². The summed E-state index contributed by atoms with van der Waals surface area (Å²) in [6.45, 7) is 1.75. The summed E-state index contributed by atoms with van der Waals surface area (Å²) in [6.07, 6.45) is 0. The summed E-state index contributed by atoms with van der Waals surface area (Å²) in [4.78, 5) is 11.8. The molecule has 2 rings (SSSR count). The number of nitrogens with one attached hydrogen (secondary N) is 1. The predicted octanol–water partition coefficient (Wildman–Crippen LogP) is 3.16. The normalized spacial score (nSPS) is 10.0. The lowest BCUT2D eigenvalue weighted by atomic mass is 10.2. The summed E-state index contributed by atoms with van der Waals surface area (Å²) >= 11 is 0. The van der Waals surface area contributed by atoms with Gasteiger partial charge in [-0.3, -0.25) is 4.79 Å². The number of ether oxygens (including phenoxy) is 2. The van der Waals surface area contributed by atoms with Crippen molar-refractivity contribution in [1.29, 1.82) is 0 Å². The zero-order chi connectivity index (χ0) is 15.2. The van der Waals surface area contributed by atoms with Gasteiger partial charge in [0, 0.05) is 11.8 Å². The van der Waals surface area contributed by atoms with Crippen molar-refractivity contribution in [3.8, 4) is 11.5 Å². The molecule has 21 heavy (non-hydrogen) atoms. The molecule has 2 aromatic carbocycles. The van der Waals surface area contributed by atoms with Crippen LogP contribution in [0.5, 0.6) is 11.5 Å². The maximum Gasteiger partial charge on any atom is 0.262 e. The highest BCUT2D eigenvalue weighted by Crippen LogP contribution is 2.21. The Labute approximate surface area is 122 Å². The van der Waals surface area contributed by atoms with Crippen molar-refractivity contribution in [2.75, 3.05) is 19.0 Å². The monoisotopic (exact) mass is 289 g/mol. The molecule has 4 nitrogen and oxygen atoms in total. The van der Waals surface area contributed by atoms with E-state index < -0.39 is 5.82 Å². The van der Waals surface area contributed by atoms with E-state index in [-0.39, 0.29) is 18.3 Å². The first-order valence-corrected chi connectivity index (χ1v) is 6.42. The number of hydrogen-bond acceptors (Lipinski definition) is 3. The number of hydrogen-bond donors (Lipinski definition) is 1. The number of halogens is 1. The van der Waals surface area contributed by atoms with Gasteiger partial charge in [0.1, 0.15) is 5.75 Å². The van der Waals surface area contributed by atoms with Gasteiger partial charge in [-0.05, 0) is 30.7 Å². The molecule has 0 radical (unpaired) electrons. The SMILES string of the molecule is COc1ccc(NC(=O)COc2ccccc2C)cc1F. The average Bonchev–Trinajstić information content (AvgIpc) is 2.46. The van der Waals surface area contributed by atoms with Gasteiger partial charge < -0.3 is 14.8 Å². The van der Waals surface area contributed by atoms with Crippen LogP contribution in [0.4, 0.5) is 10.1 Å². The largest absolute Gasteiger partial charge is 0.494 e. The predicted molar refractivity (Wildman–Crippen MR) is 78.3 cm³/mol. The molecule has 0 fully saturated rings. The number of anilines is 1. The third kappa shape index (κ3) is 3.95. The Morgan fingerprint density at radius 2 is 1.95 bits per heavy atom. The molecule has 0 aliphatic rings. The van der Waals surface area contributed by atoms with E-state index in [0.29, 0.717) is 11.4 Å². The van der Waals surface area contributed by atoms with Gasteiger partial charge >= 0.3 is 0 Å². The maximum absolute atomic E-state index is 13.5. The number of benzene rings is 2. The van der Waals surface area contributed by atoms with Crippen LogP contribution in [0.15, 0.2) is 42.5 Å². The number of methoxy groups -OCH3 is 1. The third-order valence-electron chi connectivity index (χ3n) is 2.89. The number of rotatable bonds is 5. The van der Waals surface area contributed by atoms with Crippen molar-refractivity contribution in [3.05, 3.63) is 53.8 Å². The zero-order valence-corrected chi connectivity index (χ0v) is 11.9. The van der Waals surface area contributed by atoms with Crippen LogP contribution in [0.1, 0.15) is 5.56 Å². The molecule has 1 N–H and O–H groups in total. The van der Waals surface area contributed by atoms with Crippen LogP contribution in [0.25, 0.3) is 0 Å². The highest BCUT2D eigenvalue weighted by molar-refractivity contribution is 5.91. The van der Waals surface area contributed by atoms with Gasteiger partial charge in [0.15, 0.2) is 18.2 Å². The standard InChI is InChI=1S/C16H16FNO3/c1-11-5-3-4-6-14(11)21-10-16(19)18-12-7-8-15(20-2)13(17)9-12/h3-9H,10H2,1-2H3,(H,18,19). The number of amides is 1. The Morgan fingerprint density at radius 1 is 1.19 bits per heavy atom. The average molecular weight is 289 g/mol. The lowest BCUT2D eigenvalue weighted by Gasteiger charge is -2.10. The molecule has 0 aliphatic carbocycles. The first kappa shape index (κ1) is 14.8. The van der Waals surface area contributed by atoms with Crippen molar-refractivity contribution in [1.82, 2.24) is 0 Å². The molecule has 0 heterocycles. The van der Waals surface area contributed by atoms with Gasteiger partial charge in [0.05, 0.1) is 7.11 Å². The Hall–Kier alpha value is -2.56. The van der Waals surface area contributed by atoms with E-state index in [1.165, 1.54) is 19.2 Å². The minimum atomic E-state index is -0.532. The number of carbonyl (C=O) groups excluding carboxylic acids is 1. The number of carbonyl (C=O) groups is 1. The third-order valence-corrected chi connectivity index (χ3v) is 2.89. The molecule has 1 amide bonds. The van der Waals surface area contributed by atoms with Crippen LogP contribution in [0.2, 0.25) is 0 Å². The molecule has 0 atom stereocenters. The Balaban J connectivity index is 1.93. The zero-order valence-electron chi connectivity index (χ0n) is 11.9. The Bertz CT molecular complexity index is 643. The number of aryl methyl sites for hydroxylation is 1. The molecular formula is C16H16FNO3. The summed E-state index contributed by atoms with van der Waals surface area (Å²) in [5, 5.41) is 2.56. The van der Waals surface area contributed by atoms with Crippen molar-refractivity contribution < 1.29 is 18.7 Å². The van der Waals surface area contributed by atoms with Crippen molar-refractivity contribution >= 4 is 11.6 Å². The van der Waals surface area contributed by atoms with Crippen LogP contribution in [-0.2, 0) is 4.79 Å². The van der Waals surface area contributed by atoms with Crippen LogP contribution in [0, 0.1) is 12.7 Å². The van der Waals surface area contributed by atoms with Crippen LogP contribution < -0.4 is 14.8 Å². The van der Waals surface area contributed by atoms with E-state index in [4.69, 9.17) is 9.47 Å². The highest BCUT2D eigenvalue weighted by Gasteiger charge is 2.08. The van der Waals surface area contributed by atoms with Crippen molar-refractivity contribution in [3.63, 3.8) is 0 Å². The molecular weight excluding hydrogens is 273 g/mol. The van der Waals surface area contributed by atoms with E-state index in [1.807, 2.05) is 25.1 Å². The van der Waals surface area contributed by atoms with Gasteiger partial charge in [-0.25, -0.2) is 4.39 Å². The smallest absolute Gasteiger partial charge is 0.262 e. The lowest BCUT2D eigenvalue weighted by Crippen LogP contribution is -2.20. The minimum absolute atomic E-state index is 0.129. The van der Waals surface area contributed by atoms with E-state index >= 15 is 0 Å². The lowest BCUT2D eigenvalue weighted by molar-refractivity contribution is -0.118. The summed E-state index contributed by atoms with van der Waals surface area (Å²) in [5.41, 5.74) is 1.30.